The maximum Gasteiger partial charge on any atom is 0.128 e. The van der Waals surface area contributed by atoms with Gasteiger partial charge in [-0.2, -0.15) is 0 Å². The first-order chi connectivity index (χ1) is 9.42. The highest BCUT2D eigenvalue weighted by molar-refractivity contribution is 5.65. The van der Waals surface area contributed by atoms with Crippen molar-refractivity contribution in [3.63, 3.8) is 0 Å². The van der Waals surface area contributed by atoms with E-state index in [4.69, 9.17) is 4.74 Å². The molecule has 3 aromatic rings. The van der Waals surface area contributed by atoms with Crippen LogP contribution in [0.3, 0.4) is 0 Å². The Balaban J connectivity index is 1.89. The summed E-state index contributed by atoms with van der Waals surface area (Å²) in [7, 11) is 0. The van der Waals surface area contributed by atoms with Crippen LogP contribution < -0.4 is 4.74 Å². The van der Waals surface area contributed by atoms with E-state index in [1.807, 2.05) is 60.7 Å². The molecular weight excluding hydrogens is 232 g/mol. The summed E-state index contributed by atoms with van der Waals surface area (Å²) in [6, 6.07) is 28.3. The molecule has 3 rings (SSSR count). The van der Waals surface area contributed by atoms with Crippen molar-refractivity contribution in [2.45, 2.75) is 0 Å². The lowest BCUT2D eigenvalue weighted by atomic mass is 10.1. The van der Waals surface area contributed by atoms with Gasteiger partial charge < -0.3 is 4.74 Å². The van der Waals surface area contributed by atoms with E-state index in [2.05, 4.69) is 24.3 Å². The van der Waals surface area contributed by atoms with E-state index in [9.17, 15) is 0 Å². The van der Waals surface area contributed by atoms with Crippen molar-refractivity contribution in [2.75, 3.05) is 0 Å². The number of para-hydroxylation sites is 1. The van der Waals surface area contributed by atoms with Gasteiger partial charge in [-0.1, -0.05) is 60.7 Å². The predicted molar refractivity (Wildman–Crippen MR) is 78.4 cm³/mol. The van der Waals surface area contributed by atoms with Crippen molar-refractivity contribution < 1.29 is 4.74 Å². The minimum atomic E-state index is 0.854. The van der Waals surface area contributed by atoms with E-state index in [0.717, 1.165) is 17.1 Å². The summed E-state index contributed by atoms with van der Waals surface area (Å²) in [5.41, 5.74) is 2.36. The molecule has 0 unspecified atom stereocenters. The van der Waals surface area contributed by atoms with Crippen LogP contribution in [0.5, 0.6) is 11.5 Å². The maximum absolute atomic E-state index is 5.84. The largest absolute Gasteiger partial charge is 0.457 e. The zero-order valence-corrected chi connectivity index (χ0v) is 10.5. The zero-order valence-electron chi connectivity index (χ0n) is 10.5. The molecule has 0 saturated carbocycles. The second-order valence-corrected chi connectivity index (χ2v) is 4.31. The molecule has 0 aliphatic heterocycles. The molecule has 92 valence electrons. The summed E-state index contributed by atoms with van der Waals surface area (Å²) in [5.74, 6) is 1.71. The Morgan fingerprint density at radius 1 is 0.474 bits per heavy atom. The monoisotopic (exact) mass is 246 g/mol. The van der Waals surface area contributed by atoms with E-state index in [-0.39, 0.29) is 0 Å². The van der Waals surface area contributed by atoms with Crippen LogP contribution in [0.15, 0.2) is 84.9 Å². The summed E-state index contributed by atoms with van der Waals surface area (Å²) in [5, 5.41) is 0. The van der Waals surface area contributed by atoms with Gasteiger partial charge in [0.05, 0.1) is 0 Å². The molecule has 1 heteroatoms. The Kier molecular flexibility index (Phi) is 3.28. The molecule has 0 amide bonds. The van der Waals surface area contributed by atoms with Crippen LogP contribution >= 0.6 is 0 Å². The van der Waals surface area contributed by atoms with Gasteiger partial charge in [-0.3, -0.25) is 0 Å². The SMILES string of the molecule is c1ccc(Oc2cccc(-c3ccccc3)c2)cc1. The number of benzene rings is 3. The van der Waals surface area contributed by atoms with Crippen LogP contribution in [0.25, 0.3) is 11.1 Å². The molecular formula is C18H14O. The van der Waals surface area contributed by atoms with Crippen LogP contribution in [0.1, 0.15) is 0 Å². The van der Waals surface area contributed by atoms with Gasteiger partial charge >= 0.3 is 0 Å². The van der Waals surface area contributed by atoms with Gasteiger partial charge in [-0.25, -0.2) is 0 Å². The molecule has 0 aromatic heterocycles. The van der Waals surface area contributed by atoms with Crippen molar-refractivity contribution in [1.29, 1.82) is 0 Å². The van der Waals surface area contributed by atoms with Gasteiger partial charge in [-0.05, 0) is 35.4 Å². The van der Waals surface area contributed by atoms with E-state index >= 15 is 0 Å². The molecule has 0 radical (unpaired) electrons. The highest BCUT2D eigenvalue weighted by atomic mass is 16.5. The van der Waals surface area contributed by atoms with E-state index < -0.39 is 0 Å². The summed E-state index contributed by atoms with van der Waals surface area (Å²) in [6.07, 6.45) is 0. The molecule has 0 fully saturated rings. The van der Waals surface area contributed by atoms with Gasteiger partial charge in [0.15, 0.2) is 0 Å². The molecule has 0 spiro atoms. The molecule has 0 aliphatic rings. The lowest BCUT2D eigenvalue weighted by Crippen LogP contribution is -1.84. The first-order valence-corrected chi connectivity index (χ1v) is 6.30. The number of hydrogen-bond donors (Lipinski definition) is 0. The van der Waals surface area contributed by atoms with Crippen molar-refractivity contribution in [3.05, 3.63) is 84.9 Å². The third kappa shape index (κ3) is 2.83. The Labute approximate surface area is 113 Å². The third-order valence-electron chi connectivity index (χ3n) is 2.92. The van der Waals surface area contributed by atoms with Crippen molar-refractivity contribution in [3.8, 4) is 22.6 Å². The molecule has 0 atom stereocenters. The normalized spacial score (nSPS) is 10.1. The first kappa shape index (κ1) is 11.5. The van der Waals surface area contributed by atoms with Crippen LogP contribution in [-0.2, 0) is 0 Å². The van der Waals surface area contributed by atoms with Crippen LogP contribution in [0.2, 0.25) is 0 Å². The number of ether oxygens (including phenoxy) is 1. The van der Waals surface area contributed by atoms with E-state index in [0.29, 0.717) is 0 Å². The fourth-order valence-electron chi connectivity index (χ4n) is 1.99. The van der Waals surface area contributed by atoms with Gasteiger partial charge in [0.25, 0.3) is 0 Å². The molecule has 0 heterocycles. The molecule has 0 aliphatic carbocycles. The lowest BCUT2D eigenvalue weighted by molar-refractivity contribution is 0.483. The van der Waals surface area contributed by atoms with E-state index in [1.165, 1.54) is 5.56 Å². The average molecular weight is 246 g/mol. The lowest BCUT2D eigenvalue weighted by Gasteiger charge is -2.07. The quantitative estimate of drug-likeness (QED) is 0.621. The van der Waals surface area contributed by atoms with Crippen molar-refractivity contribution >= 4 is 0 Å². The Bertz CT molecular complexity index is 645. The van der Waals surface area contributed by atoms with Gasteiger partial charge in [0, 0.05) is 0 Å². The van der Waals surface area contributed by atoms with Crippen LogP contribution in [0, 0.1) is 0 Å². The molecule has 1 nitrogen and oxygen atoms in total. The first-order valence-electron chi connectivity index (χ1n) is 6.30. The van der Waals surface area contributed by atoms with Gasteiger partial charge in [0.1, 0.15) is 11.5 Å². The minimum Gasteiger partial charge on any atom is -0.457 e. The standard InChI is InChI=1S/C18H14O/c1-3-8-15(9-4-1)16-10-7-13-18(14-16)19-17-11-5-2-6-12-17/h1-14H. The topological polar surface area (TPSA) is 9.23 Å². The van der Waals surface area contributed by atoms with Gasteiger partial charge in [-0.15, -0.1) is 0 Å². The number of rotatable bonds is 3. The maximum atomic E-state index is 5.84. The number of hydrogen-bond acceptors (Lipinski definition) is 1. The summed E-state index contributed by atoms with van der Waals surface area (Å²) < 4.78 is 5.84. The molecule has 3 aromatic carbocycles. The Hall–Kier alpha value is -2.54. The second kappa shape index (κ2) is 5.40. The van der Waals surface area contributed by atoms with Gasteiger partial charge in [0.2, 0.25) is 0 Å². The fourth-order valence-corrected chi connectivity index (χ4v) is 1.99. The molecule has 19 heavy (non-hydrogen) atoms. The average Bonchev–Trinajstić information content (AvgIpc) is 2.49. The highest BCUT2D eigenvalue weighted by Crippen LogP contribution is 2.26. The predicted octanol–water partition coefficient (Wildman–Crippen LogP) is 5.15. The van der Waals surface area contributed by atoms with Crippen molar-refractivity contribution in [2.24, 2.45) is 0 Å². The Morgan fingerprint density at radius 2 is 1.05 bits per heavy atom. The molecule has 0 N–H and O–H groups in total. The molecule has 0 bridgehead atoms. The van der Waals surface area contributed by atoms with Crippen molar-refractivity contribution in [1.82, 2.24) is 0 Å². The summed E-state index contributed by atoms with van der Waals surface area (Å²) in [6.45, 7) is 0. The van der Waals surface area contributed by atoms with E-state index in [1.54, 1.807) is 0 Å². The Morgan fingerprint density at radius 3 is 1.79 bits per heavy atom. The second-order valence-electron chi connectivity index (χ2n) is 4.31. The minimum absolute atomic E-state index is 0.854. The van der Waals surface area contributed by atoms with Crippen LogP contribution in [-0.4, -0.2) is 0 Å². The third-order valence-corrected chi connectivity index (χ3v) is 2.92. The summed E-state index contributed by atoms with van der Waals surface area (Å²) in [4.78, 5) is 0. The highest BCUT2D eigenvalue weighted by Gasteiger charge is 2.00. The molecule has 0 saturated heterocycles. The summed E-state index contributed by atoms with van der Waals surface area (Å²) >= 11 is 0. The fraction of sp³-hybridized carbons (Fsp3) is 0. The zero-order chi connectivity index (χ0) is 12.9. The smallest absolute Gasteiger partial charge is 0.128 e. The van der Waals surface area contributed by atoms with Crippen LogP contribution in [0.4, 0.5) is 0 Å².